The quantitative estimate of drug-likeness (QED) is 0.381. The Hall–Kier alpha value is -0.850. The van der Waals surface area contributed by atoms with Crippen LogP contribution in [0.2, 0.25) is 0 Å². The topological polar surface area (TPSA) is 52.1 Å². The fraction of sp³-hybridized carbons (Fsp3) is 0.933. The molecule has 1 unspecified atom stereocenters. The Bertz CT molecular complexity index is 298. The van der Waals surface area contributed by atoms with E-state index in [2.05, 4.69) is 39.5 Å². The molecule has 0 bridgehead atoms. The second-order valence-electron chi connectivity index (χ2n) is 5.68. The smallest absolute Gasteiger partial charge is 0.191 e. The maximum absolute atomic E-state index is 5.33. The number of nitrogens with zero attached hydrogens (tertiary/aromatic N) is 3. The highest BCUT2D eigenvalue weighted by molar-refractivity contribution is 5.79. The average Bonchev–Trinajstić information content (AvgIpc) is 2.49. The lowest BCUT2D eigenvalue weighted by molar-refractivity contribution is 0.116. The van der Waals surface area contributed by atoms with Gasteiger partial charge in [0.05, 0.1) is 0 Å². The first-order valence-corrected chi connectivity index (χ1v) is 8.08. The molecule has 6 heteroatoms. The van der Waals surface area contributed by atoms with Gasteiger partial charge in [-0.1, -0.05) is 0 Å². The molecule has 0 aromatic carbocycles. The molecule has 0 saturated carbocycles. The van der Waals surface area contributed by atoms with E-state index in [-0.39, 0.29) is 0 Å². The van der Waals surface area contributed by atoms with Gasteiger partial charge in [0, 0.05) is 59.0 Å². The molecule has 1 fully saturated rings. The summed E-state index contributed by atoms with van der Waals surface area (Å²) in [6, 6.07) is 0.542. The highest BCUT2D eigenvalue weighted by Crippen LogP contribution is 2.04. The number of likely N-dealkylation sites (N-methyl/N-ethyl adjacent to an activating group) is 2. The van der Waals surface area contributed by atoms with Crippen molar-refractivity contribution in [1.82, 2.24) is 20.4 Å². The average molecular weight is 299 g/mol. The lowest BCUT2D eigenvalue weighted by atomic mass is 10.2. The van der Waals surface area contributed by atoms with Gasteiger partial charge in [-0.3, -0.25) is 9.89 Å². The van der Waals surface area contributed by atoms with E-state index in [0.29, 0.717) is 6.04 Å². The normalized spacial score (nSPS) is 21.5. The molecule has 1 saturated heterocycles. The number of aliphatic imine (C=N–C) groups is 1. The van der Waals surface area contributed by atoms with Gasteiger partial charge in [0.15, 0.2) is 5.96 Å². The zero-order valence-electron chi connectivity index (χ0n) is 14.2. The van der Waals surface area contributed by atoms with Crippen molar-refractivity contribution in [3.05, 3.63) is 0 Å². The van der Waals surface area contributed by atoms with Crippen LogP contribution < -0.4 is 10.6 Å². The van der Waals surface area contributed by atoms with Crippen LogP contribution in [0.3, 0.4) is 0 Å². The summed E-state index contributed by atoms with van der Waals surface area (Å²) in [6.07, 6.45) is 2.20. The van der Waals surface area contributed by atoms with Gasteiger partial charge in [-0.05, 0) is 33.9 Å². The van der Waals surface area contributed by atoms with Crippen LogP contribution in [0.4, 0.5) is 0 Å². The summed E-state index contributed by atoms with van der Waals surface area (Å²) in [5.74, 6) is 0.896. The van der Waals surface area contributed by atoms with Crippen molar-refractivity contribution >= 4 is 5.96 Å². The van der Waals surface area contributed by atoms with Crippen LogP contribution in [-0.2, 0) is 4.74 Å². The second kappa shape index (κ2) is 10.8. The molecule has 124 valence electrons. The zero-order valence-corrected chi connectivity index (χ0v) is 14.2. The fourth-order valence-electron chi connectivity index (χ4n) is 2.44. The van der Waals surface area contributed by atoms with Gasteiger partial charge in [0.25, 0.3) is 0 Å². The van der Waals surface area contributed by atoms with Crippen molar-refractivity contribution in [1.29, 1.82) is 0 Å². The summed E-state index contributed by atoms with van der Waals surface area (Å²) in [5, 5.41) is 6.79. The summed E-state index contributed by atoms with van der Waals surface area (Å²) in [4.78, 5) is 9.09. The SMILES string of the molecule is CCOCCCCNC(=NC)NCC1CN(C)CCN1C. The van der Waals surface area contributed by atoms with Crippen LogP contribution in [-0.4, -0.2) is 88.9 Å². The highest BCUT2D eigenvalue weighted by atomic mass is 16.5. The minimum absolute atomic E-state index is 0.542. The van der Waals surface area contributed by atoms with Crippen LogP contribution in [0.1, 0.15) is 19.8 Å². The number of hydrogen-bond donors (Lipinski definition) is 2. The lowest BCUT2D eigenvalue weighted by Crippen LogP contribution is -2.55. The molecule has 0 aromatic heterocycles. The molecular formula is C15H33N5O. The van der Waals surface area contributed by atoms with Gasteiger partial charge in [-0.15, -0.1) is 0 Å². The van der Waals surface area contributed by atoms with Gasteiger partial charge < -0.3 is 20.3 Å². The number of piperazine rings is 1. The maximum Gasteiger partial charge on any atom is 0.191 e. The first-order chi connectivity index (χ1) is 10.2. The second-order valence-corrected chi connectivity index (χ2v) is 5.68. The third-order valence-electron chi connectivity index (χ3n) is 3.92. The van der Waals surface area contributed by atoms with E-state index >= 15 is 0 Å². The Balaban J connectivity index is 2.16. The van der Waals surface area contributed by atoms with Crippen molar-refractivity contribution in [3.8, 4) is 0 Å². The minimum atomic E-state index is 0.542. The molecule has 0 spiro atoms. The Kier molecular flexibility index (Phi) is 9.37. The molecule has 1 aliphatic rings. The Morgan fingerprint density at radius 1 is 1.24 bits per heavy atom. The van der Waals surface area contributed by atoms with E-state index < -0.39 is 0 Å². The van der Waals surface area contributed by atoms with Crippen LogP contribution in [0.15, 0.2) is 4.99 Å². The Labute approximate surface area is 129 Å². The lowest BCUT2D eigenvalue weighted by Gasteiger charge is -2.37. The third kappa shape index (κ3) is 7.64. The summed E-state index contributed by atoms with van der Waals surface area (Å²) in [6.45, 7) is 8.95. The van der Waals surface area contributed by atoms with Crippen LogP contribution in [0.25, 0.3) is 0 Å². The largest absolute Gasteiger partial charge is 0.382 e. The standard InChI is InChI=1S/C15H33N5O/c1-5-21-11-7-6-8-17-15(16-2)18-12-14-13-19(3)9-10-20(14)4/h14H,5-13H2,1-4H3,(H2,16,17,18). The minimum Gasteiger partial charge on any atom is -0.382 e. The number of hydrogen-bond acceptors (Lipinski definition) is 4. The van der Waals surface area contributed by atoms with E-state index in [9.17, 15) is 0 Å². The Morgan fingerprint density at radius 2 is 2.05 bits per heavy atom. The molecule has 2 N–H and O–H groups in total. The van der Waals surface area contributed by atoms with Crippen molar-refractivity contribution in [2.45, 2.75) is 25.8 Å². The first kappa shape index (κ1) is 18.2. The number of unbranched alkanes of at least 4 members (excludes halogenated alkanes) is 1. The van der Waals surface area contributed by atoms with Gasteiger partial charge in [0.1, 0.15) is 0 Å². The predicted octanol–water partition coefficient (Wildman–Crippen LogP) is 0.214. The summed E-state index contributed by atoms with van der Waals surface area (Å²) >= 11 is 0. The molecule has 1 atom stereocenters. The number of ether oxygens (including phenoxy) is 1. The molecule has 1 aliphatic heterocycles. The molecule has 0 aliphatic carbocycles. The van der Waals surface area contributed by atoms with Gasteiger partial charge in [-0.25, -0.2) is 0 Å². The van der Waals surface area contributed by atoms with E-state index in [1.165, 1.54) is 0 Å². The number of guanidine groups is 1. The van der Waals surface area contributed by atoms with Crippen molar-refractivity contribution < 1.29 is 4.74 Å². The molecule has 1 rings (SSSR count). The first-order valence-electron chi connectivity index (χ1n) is 8.08. The van der Waals surface area contributed by atoms with E-state index in [0.717, 1.165) is 64.7 Å². The number of rotatable bonds is 8. The van der Waals surface area contributed by atoms with Crippen molar-refractivity contribution in [2.24, 2.45) is 4.99 Å². The molecule has 0 radical (unpaired) electrons. The van der Waals surface area contributed by atoms with E-state index in [4.69, 9.17) is 4.74 Å². The summed E-state index contributed by atoms with van der Waals surface area (Å²) in [7, 11) is 6.21. The molecule has 6 nitrogen and oxygen atoms in total. The summed E-state index contributed by atoms with van der Waals surface area (Å²) < 4.78 is 5.33. The highest BCUT2D eigenvalue weighted by Gasteiger charge is 2.21. The Morgan fingerprint density at radius 3 is 2.76 bits per heavy atom. The molecular weight excluding hydrogens is 266 g/mol. The van der Waals surface area contributed by atoms with E-state index in [1.807, 2.05) is 14.0 Å². The monoisotopic (exact) mass is 299 g/mol. The molecule has 21 heavy (non-hydrogen) atoms. The molecule has 1 heterocycles. The van der Waals surface area contributed by atoms with Gasteiger partial charge >= 0.3 is 0 Å². The van der Waals surface area contributed by atoms with Crippen LogP contribution in [0, 0.1) is 0 Å². The van der Waals surface area contributed by atoms with Gasteiger partial charge in [0.2, 0.25) is 0 Å². The molecule has 0 amide bonds. The van der Waals surface area contributed by atoms with Crippen LogP contribution in [0.5, 0.6) is 0 Å². The van der Waals surface area contributed by atoms with E-state index in [1.54, 1.807) is 0 Å². The number of nitrogens with one attached hydrogen (secondary N) is 2. The summed E-state index contributed by atoms with van der Waals surface area (Å²) in [5.41, 5.74) is 0. The molecule has 0 aromatic rings. The van der Waals surface area contributed by atoms with Crippen molar-refractivity contribution in [2.75, 3.05) is 67.1 Å². The maximum atomic E-state index is 5.33. The predicted molar refractivity (Wildman–Crippen MR) is 89.0 cm³/mol. The van der Waals surface area contributed by atoms with Crippen LogP contribution >= 0.6 is 0 Å². The van der Waals surface area contributed by atoms with Crippen molar-refractivity contribution in [3.63, 3.8) is 0 Å². The fourth-order valence-corrected chi connectivity index (χ4v) is 2.44. The zero-order chi connectivity index (χ0) is 15.5. The third-order valence-corrected chi connectivity index (χ3v) is 3.92. The van der Waals surface area contributed by atoms with Gasteiger partial charge in [-0.2, -0.15) is 0 Å².